The van der Waals surface area contributed by atoms with E-state index in [1.165, 1.54) is 24.1 Å². The Balaban J connectivity index is 2.61. The molecule has 0 saturated carbocycles. The Bertz CT molecular complexity index is 695. The maximum absolute atomic E-state index is 11.6. The summed E-state index contributed by atoms with van der Waals surface area (Å²) in [6.45, 7) is 1.94. The van der Waals surface area contributed by atoms with E-state index in [1.807, 2.05) is 25.1 Å². The van der Waals surface area contributed by atoms with Crippen LogP contribution in [0.25, 0.3) is 5.69 Å². The normalized spacial score (nSPS) is 10.3. The fourth-order valence-corrected chi connectivity index (χ4v) is 2.01. The molecule has 0 atom stereocenters. The molecule has 1 aromatic carbocycles. The fourth-order valence-electron chi connectivity index (χ4n) is 1.58. The van der Waals surface area contributed by atoms with Crippen LogP contribution < -0.4 is 5.43 Å². The summed E-state index contributed by atoms with van der Waals surface area (Å²) in [6.07, 6.45) is 1.51. The first-order valence-electron chi connectivity index (χ1n) is 5.48. The van der Waals surface area contributed by atoms with Crippen LogP contribution >= 0.6 is 15.9 Å². The Kier molecular flexibility index (Phi) is 3.80. The highest BCUT2D eigenvalue weighted by Crippen LogP contribution is 2.21. The minimum Gasteiger partial charge on any atom is -0.464 e. The number of esters is 1. The molecule has 5 nitrogen and oxygen atoms in total. The number of hydrogen-bond donors (Lipinski definition) is 0. The van der Waals surface area contributed by atoms with Crippen LogP contribution in [0.2, 0.25) is 0 Å². The Morgan fingerprint density at radius 2 is 2.11 bits per heavy atom. The number of ether oxygens (including phenoxy) is 1. The first-order chi connectivity index (χ1) is 9.02. The predicted molar refractivity (Wildman–Crippen MR) is 73.6 cm³/mol. The van der Waals surface area contributed by atoms with Crippen molar-refractivity contribution in [1.82, 2.24) is 9.78 Å². The lowest BCUT2D eigenvalue weighted by Crippen LogP contribution is -2.21. The van der Waals surface area contributed by atoms with E-state index in [1.54, 1.807) is 0 Å². The van der Waals surface area contributed by atoms with Gasteiger partial charge in [0.2, 0.25) is 11.1 Å². The third kappa shape index (κ3) is 2.73. The van der Waals surface area contributed by atoms with Gasteiger partial charge in [0.1, 0.15) is 0 Å². The van der Waals surface area contributed by atoms with Gasteiger partial charge >= 0.3 is 5.97 Å². The van der Waals surface area contributed by atoms with Crippen molar-refractivity contribution in [3.8, 4) is 5.69 Å². The van der Waals surface area contributed by atoms with Crippen molar-refractivity contribution in [1.29, 1.82) is 0 Å². The number of rotatable bonds is 2. The summed E-state index contributed by atoms with van der Waals surface area (Å²) in [4.78, 5) is 23.0. The first kappa shape index (κ1) is 13.5. The number of benzene rings is 1. The van der Waals surface area contributed by atoms with Crippen molar-refractivity contribution in [2.45, 2.75) is 6.92 Å². The quantitative estimate of drug-likeness (QED) is 0.794. The number of halogens is 1. The number of aromatic nitrogens is 2. The van der Waals surface area contributed by atoms with Crippen molar-refractivity contribution in [2.75, 3.05) is 7.11 Å². The van der Waals surface area contributed by atoms with Gasteiger partial charge in [0.25, 0.3) is 0 Å². The topological polar surface area (TPSA) is 61.2 Å². The molecule has 0 radical (unpaired) electrons. The predicted octanol–water partition coefficient (Wildman–Crippen LogP) is 2.09. The van der Waals surface area contributed by atoms with Gasteiger partial charge in [-0.25, -0.2) is 9.48 Å². The summed E-state index contributed by atoms with van der Waals surface area (Å²) in [7, 11) is 1.21. The average molecular weight is 323 g/mol. The second-order valence-corrected chi connectivity index (χ2v) is 4.77. The maximum Gasteiger partial charge on any atom is 0.362 e. The maximum atomic E-state index is 11.6. The van der Waals surface area contributed by atoms with Crippen molar-refractivity contribution >= 4 is 21.9 Å². The highest BCUT2D eigenvalue weighted by molar-refractivity contribution is 9.10. The largest absolute Gasteiger partial charge is 0.464 e. The SMILES string of the molecule is COC(=O)c1nn(-c2cc(C)ccc2Br)ccc1=O. The summed E-state index contributed by atoms with van der Waals surface area (Å²) < 4.78 is 6.81. The van der Waals surface area contributed by atoms with Gasteiger partial charge in [-0.2, -0.15) is 5.10 Å². The van der Waals surface area contributed by atoms with Crippen LogP contribution in [-0.2, 0) is 4.74 Å². The van der Waals surface area contributed by atoms with Gasteiger partial charge in [-0.15, -0.1) is 0 Å². The van der Waals surface area contributed by atoms with E-state index in [0.717, 1.165) is 15.7 Å². The molecule has 0 unspecified atom stereocenters. The van der Waals surface area contributed by atoms with Crippen molar-refractivity contribution in [3.63, 3.8) is 0 Å². The third-order valence-corrected chi connectivity index (χ3v) is 3.21. The van der Waals surface area contributed by atoms with E-state index in [0.29, 0.717) is 0 Å². The van der Waals surface area contributed by atoms with Gasteiger partial charge in [0.15, 0.2) is 0 Å². The van der Waals surface area contributed by atoms with Gasteiger partial charge < -0.3 is 4.74 Å². The second kappa shape index (κ2) is 5.36. The molecule has 0 aliphatic carbocycles. The summed E-state index contributed by atoms with van der Waals surface area (Å²) in [6, 6.07) is 7.00. The lowest BCUT2D eigenvalue weighted by atomic mass is 10.2. The van der Waals surface area contributed by atoms with Crippen molar-refractivity contribution < 1.29 is 9.53 Å². The number of hydrogen-bond acceptors (Lipinski definition) is 4. The van der Waals surface area contributed by atoms with E-state index in [9.17, 15) is 9.59 Å². The van der Waals surface area contributed by atoms with Gasteiger partial charge in [-0.1, -0.05) is 6.07 Å². The Hall–Kier alpha value is -1.95. The molecule has 0 bridgehead atoms. The molecule has 0 fully saturated rings. The van der Waals surface area contributed by atoms with Gasteiger partial charge in [0, 0.05) is 16.7 Å². The van der Waals surface area contributed by atoms with E-state index in [4.69, 9.17) is 0 Å². The second-order valence-electron chi connectivity index (χ2n) is 3.92. The summed E-state index contributed by atoms with van der Waals surface area (Å²) in [5, 5.41) is 4.01. The Morgan fingerprint density at radius 1 is 1.37 bits per heavy atom. The van der Waals surface area contributed by atoms with Crippen LogP contribution in [0.1, 0.15) is 16.1 Å². The van der Waals surface area contributed by atoms with Crippen LogP contribution in [0.5, 0.6) is 0 Å². The monoisotopic (exact) mass is 322 g/mol. The van der Waals surface area contributed by atoms with Gasteiger partial charge in [0.05, 0.1) is 12.8 Å². The Morgan fingerprint density at radius 3 is 2.79 bits per heavy atom. The van der Waals surface area contributed by atoms with Crippen LogP contribution in [0.3, 0.4) is 0 Å². The molecule has 0 saturated heterocycles. The Labute approximate surface area is 118 Å². The highest BCUT2D eigenvalue weighted by Gasteiger charge is 2.14. The summed E-state index contributed by atoms with van der Waals surface area (Å²) in [5.74, 6) is -0.747. The number of carbonyl (C=O) groups is 1. The number of aryl methyl sites for hydroxylation is 1. The third-order valence-electron chi connectivity index (χ3n) is 2.54. The average Bonchev–Trinajstić information content (AvgIpc) is 2.41. The molecule has 0 N–H and O–H groups in total. The molecule has 2 aromatic rings. The van der Waals surface area contributed by atoms with Gasteiger partial charge in [-0.05, 0) is 40.5 Å². The smallest absolute Gasteiger partial charge is 0.362 e. The number of carbonyl (C=O) groups excluding carboxylic acids is 1. The lowest BCUT2D eigenvalue weighted by molar-refractivity contribution is 0.0590. The molecule has 19 heavy (non-hydrogen) atoms. The van der Waals surface area contributed by atoms with Crippen LogP contribution in [0.4, 0.5) is 0 Å². The summed E-state index contributed by atoms with van der Waals surface area (Å²) >= 11 is 3.41. The molecular weight excluding hydrogens is 312 g/mol. The number of nitrogens with zero attached hydrogens (tertiary/aromatic N) is 2. The number of methoxy groups -OCH3 is 1. The molecule has 0 amide bonds. The van der Waals surface area contributed by atoms with Crippen LogP contribution in [0, 0.1) is 6.92 Å². The molecule has 2 rings (SSSR count). The first-order valence-corrected chi connectivity index (χ1v) is 6.27. The van der Waals surface area contributed by atoms with E-state index >= 15 is 0 Å². The molecule has 1 heterocycles. The standard InChI is InChI=1S/C13H11BrN2O3/c1-8-3-4-9(14)10(7-8)16-6-5-11(17)12(15-16)13(18)19-2/h3-7H,1-2H3. The fraction of sp³-hybridized carbons (Fsp3) is 0.154. The van der Waals surface area contributed by atoms with E-state index in [-0.39, 0.29) is 5.69 Å². The molecule has 0 spiro atoms. The molecule has 0 aliphatic rings. The zero-order chi connectivity index (χ0) is 14.0. The van der Waals surface area contributed by atoms with E-state index < -0.39 is 11.4 Å². The molecule has 1 aromatic heterocycles. The molecule has 6 heteroatoms. The van der Waals surface area contributed by atoms with Crippen LogP contribution in [-0.4, -0.2) is 22.9 Å². The molecule has 98 valence electrons. The minimum absolute atomic E-state index is 0.238. The van der Waals surface area contributed by atoms with Crippen LogP contribution in [0.15, 0.2) is 39.7 Å². The molecule has 0 aliphatic heterocycles. The minimum atomic E-state index is -0.747. The van der Waals surface area contributed by atoms with E-state index in [2.05, 4.69) is 25.8 Å². The zero-order valence-electron chi connectivity index (χ0n) is 10.4. The van der Waals surface area contributed by atoms with Crippen molar-refractivity contribution in [3.05, 3.63) is 56.4 Å². The van der Waals surface area contributed by atoms with Crippen molar-refractivity contribution in [2.24, 2.45) is 0 Å². The lowest BCUT2D eigenvalue weighted by Gasteiger charge is -2.09. The highest BCUT2D eigenvalue weighted by atomic mass is 79.9. The zero-order valence-corrected chi connectivity index (χ0v) is 12.0. The van der Waals surface area contributed by atoms with Gasteiger partial charge in [-0.3, -0.25) is 4.79 Å². The molecular formula is C13H11BrN2O3. The summed E-state index contributed by atoms with van der Waals surface area (Å²) in [5.41, 5.74) is 1.08.